The Morgan fingerprint density at radius 1 is 0.900 bits per heavy atom. The molecule has 2 aromatic carbocycles. The summed E-state index contributed by atoms with van der Waals surface area (Å²) in [7, 11) is 0. The quantitative estimate of drug-likeness (QED) is 0.831. The summed E-state index contributed by atoms with van der Waals surface area (Å²) in [4.78, 5) is 0. The maximum absolute atomic E-state index is 13.7. The molecule has 0 aromatic heterocycles. The van der Waals surface area contributed by atoms with Crippen LogP contribution in [0.1, 0.15) is 34.8 Å². The summed E-state index contributed by atoms with van der Waals surface area (Å²) in [5.74, 6) is -4.15. The molecule has 1 atom stereocenters. The van der Waals surface area contributed by atoms with Crippen LogP contribution >= 0.6 is 0 Å². The summed E-state index contributed by atoms with van der Waals surface area (Å²) in [5.41, 5.74) is 2.61. The van der Waals surface area contributed by atoms with E-state index in [4.69, 9.17) is 0 Å². The van der Waals surface area contributed by atoms with Crippen LogP contribution in [0.3, 0.4) is 0 Å². The highest BCUT2D eigenvalue weighted by molar-refractivity contribution is 5.39. The van der Waals surface area contributed by atoms with Gasteiger partial charge >= 0.3 is 0 Å². The molecule has 104 valence electrons. The molecular formula is C16H13F3O. The molecule has 1 nitrogen and oxygen atoms in total. The summed E-state index contributed by atoms with van der Waals surface area (Å²) in [6.45, 7) is 0. The van der Waals surface area contributed by atoms with Gasteiger partial charge in [-0.05, 0) is 42.0 Å². The second-order valence-corrected chi connectivity index (χ2v) is 5.05. The number of aryl methyl sites for hydroxylation is 2. The van der Waals surface area contributed by atoms with E-state index in [9.17, 15) is 18.3 Å². The van der Waals surface area contributed by atoms with Gasteiger partial charge in [0.2, 0.25) is 0 Å². The standard InChI is InChI=1S/C16H13F3O/c17-13-7-6-12(14(18)15(13)19)16(20)11-5-4-9-2-1-3-10(9)8-11/h4-8,16,20H,1-3H2. The lowest BCUT2D eigenvalue weighted by Gasteiger charge is -2.14. The highest BCUT2D eigenvalue weighted by atomic mass is 19.2. The van der Waals surface area contributed by atoms with Crippen molar-refractivity contribution in [3.8, 4) is 0 Å². The third-order valence-corrected chi connectivity index (χ3v) is 3.80. The third kappa shape index (κ3) is 2.10. The molecule has 0 amide bonds. The number of rotatable bonds is 2. The maximum Gasteiger partial charge on any atom is 0.194 e. The lowest BCUT2D eigenvalue weighted by Crippen LogP contribution is -2.06. The average Bonchev–Trinajstić information content (AvgIpc) is 2.91. The number of aliphatic hydroxyl groups excluding tert-OH is 1. The fourth-order valence-electron chi connectivity index (χ4n) is 2.69. The Hall–Kier alpha value is -1.81. The Bertz CT molecular complexity index is 667. The minimum atomic E-state index is -1.55. The number of benzene rings is 2. The van der Waals surface area contributed by atoms with Crippen LogP contribution in [0, 0.1) is 17.5 Å². The van der Waals surface area contributed by atoms with Gasteiger partial charge < -0.3 is 5.11 Å². The third-order valence-electron chi connectivity index (χ3n) is 3.80. The molecule has 0 saturated heterocycles. The summed E-state index contributed by atoms with van der Waals surface area (Å²) in [6, 6.07) is 7.32. The van der Waals surface area contributed by atoms with Gasteiger partial charge in [0, 0.05) is 5.56 Å². The van der Waals surface area contributed by atoms with E-state index in [1.54, 1.807) is 6.07 Å². The summed E-state index contributed by atoms with van der Waals surface area (Å²) < 4.78 is 39.8. The molecule has 1 aliphatic rings. The highest BCUT2D eigenvalue weighted by Gasteiger charge is 2.21. The van der Waals surface area contributed by atoms with Crippen molar-refractivity contribution in [1.29, 1.82) is 0 Å². The fraction of sp³-hybridized carbons (Fsp3) is 0.250. The van der Waals surface area contributed by atoms with Crippen molar-refractivity contribution in [2.45, 2.75) is 25.4 Å². The fourth-order valence-corrected chi connectivity index (χ4v) is 2.69. The molecule has 2 aromatic rings. The molecule has 0 saturated carbocycles. The Morgan fingerprint density at radius 2 is 1.65 bits per heavy atom. The van der Waals surface area contributed by atoms with E-state index in [-0.39, 0.29) is 5.56 Å². The van der Waals surface area contributed by atoms with E-state index >= 15 is 0 Å². The topological polar surface area (TPSA) is 20.2 Å². The molecule has 0 radical (unpaired) electrons. The first kappa shape index (κ1) is 13.2. The molecule has 1 aliphatic carbocycles. The van der Waals surface area contributed by atoms with Crippen molar-refractivity contribution >= 4 is 0 Å². The summed E-state index contributed by atoms with van der Waals surface area (Å²) in [6.07, 6.45) is 1.70. The van der Waals surface area contributed by atoms with E-state index in [0.29, 0.717) is 5.56 Å². The number of halogens is 3. The predicted molar refractivity (Wildman–Crippen MR) is 68.8 cm³/mol. The zero-order chi connectivity index (χ0) is 14.3. The molecule has 0 spiro atoms. The van der Waals surface area contributed by atoms with Gasteiger partial charge in [-0.2, -0.15) is 0 Å². The molecule has 0 bridgehead atoms. The predicted octanol–water partition coefficient (Wildman–Crippen LogP) is 3.67. The van der Waals surface area contributed by atoms with Crippen LogP contribution in [-0.2, 0) is 12.8 Å². The Kier molecular flexibility index (Phi) is 3.26. The molecule has 20 heavy (non-hydrogen) atoms. The smallest absolute Gasteiger partial charge is 0.194 e. The number of fused-ring (bicyclic) bond motifs is 1. The number of hydrogen-bond donors (Lipinski definition) is 1. The van der Waals surface area contributed by atoms with Gasteiger partial charge in [-0.1, -0.05) is 24.3 Å². The Labute approximate surface area is 114 Å². The van der Waals surface area contributed by atoms with Crippen LogP contribution in [0.25, 0.3) is 0 Å². The monoisotopic (exact) mass is 278 g/mol. The van der Waals surface area contributed by atoms with E-state index in [1.807, 2.05) is 12.1 Å². The van der Waals surface area contributed by atoms with Gasteiger partial charge in [0.15, 0.2) is 17.5 Å². The normalized spacial score (nSPS) is 15.2. The van der Waals surface area contributed by atoms with Crippen molar-refractivity contribution in [3.05, 3.63) is 70.0 Å². The SMILES string of the molecule is OC(c1ccc2c(c1)CCC2)c1ccc(F)c(F)c1F. The summed E-state index contributed by atoms with van der Waals surface area (Å²) in [5, 5.41) is 10.2. The van der Waals surface area contributed by atoms with E-state index in [0.717, 1.165) is 37.0 Å². The van der Waals surface area contributed by atoms with E-state index in [1.165, 1.54) is 5.56 Å². The number of hydrogen-bond acceptors (Lipinski definition) is 1. The molecule has 3 rings (SSSR count). The van der Waals surface area contributed by atoms with Gasteiger partial charge in [-0.25, -0.2) is 13.2 Å². The van der Waals surface area contributed by atoms with Gasteiger partial charge in [0.1, 0.15) is 6.10 Å². The Morgan fingerprint density at radius 3 is 2.45 bits per heavy atom. The zero-order valence-corrected chi connectivity index (χ0v) is 10.7. The Balaban J connectivity index is 2.00. The summed E-state index contributed by atoms with van der Waals surface area (Å²) >= 11 is 0. The first-order valence-corrected chi connectivity index (χ1v) is 6.51. The molecule has 1 N–H and O–H groups in total. The van der Waals surface area contributed by atoms with Crippen LogP contribution in [-0.4, -0.2) is 5.11 Å². The van der Waals surface area contributed by atoms with Crippen molar-refractivity contribution in [1.82, 2.24) is 0 Å². The molecule has 0 heterocycles. The first-order valence-electron chi connectivity index (χ1n) is 6.51. The minimum absolute atomic E-state index is 0.248. The van der Waals surface area contributed by atoms with E-state index in [2.05, 4.69) is 0 Å². The van der Waals surface area contributed by atoms with Crippen molar-refractivity contribution in [2.24, 2.45) is 0 Å². The molecule has 0 fully saturated rings. The van der Waals surface area contributed by atoms with Gasteiger partial charge in [-0.15, -0.1) is 0 Å². The van der Waals surface area contributed by atoms with Crippen LogP contribution in [0.4, 0.5) is 13.2 Å². The lowest BCUT2D eigenvalue weighted by atomic mass is 9.97. The largest absolute Gasteiger partial charge is 0.384 e. The van der Waals surface area contributed by atoms with Crippen molar-refractivity contribution in [2.75, 3.05) is 0 Å². The highest BCUT2D eigenvalue weighted by Crippen LogP contribution is 2.30. The number of aliphatic hydroxyl groups is 1. The second-order valence-electron chi connectivity index (χ2n) is 5.05. The molecule has 1 unspecified atom stereocenters. The van der Waals surface area contributed by atoms with Crippen LogP contribution < -0.4 is 0 Å². The second kappa shape index (κ2) is 4.94. The molecule has 4 heteroatoms. The lowest BCUT2D eigenvalue weighted by molar-refractivity contribution is 0.212. The molecular weight excluding hydrogens is 265 g/mol. The maximum atomic E-state index is 13.7. The van der Waals surface area contributed by atoms with E-state index < -0.39 is 23.6 Å². The van der Waals surface area contributed by atoms with Crippen LogP contribution in [0.2, 0.25) is 0 Å². The van der Waals surface area contributed by atoms with Crippen LogP contribution in [0.5, 0.6) is 0 Å². The van der Waals surface area contributed by atoms with Crippen molar-refractivity contribution < 1.29 is 18.3 Å². The first-order chi connectivity index (χ1) is 9.58. The van der Waals surface area contributed by atoms with Crippen molar-refractivity contribution in [3.63, 3.8) is 0 Å². The minimum Gasteiger partial charge on any atom is -0.384 e. The van der Waals surface area contributed by atoms with Gasteiger partial charge in [0.05, 0.1) is 0 Å². The van der Waals surface area contributed by atoms with Gasteiger partial charge in [0.25, 0.3) is 0 Å². The average molecular weight is 278 g/mol. The van der Waals surface area contributed by atoms with Crippen LogP contribution in [0.15, 0.2) is 30.3 Å². The van der Waals surface area contributed by atoms with Gasteiger partial charge in [-0.3, -0.25) is 0 Å². The molecule has 0 aliphatic heterocycles. The zero-order valence-electron chi connectivity index (χ0n) is 10.7.